The van der Waals surface area contributed by atoms with Crippen LogP contribution in [0.1, 0.15) is 35.6 Å². The van der Waals surface area contributed by atoms with Crippen molar-refractivity contribution in [3.8, 4) is 0 Å². The van der Waals surface area contributed by atoms with Gasteiger partial charge in [-0.2, -0.15) is 0 Å². The van der Waals surface area contributed by atoms with Crippen LogP contribution < -0.4 is 5.32 Å². The van der Waals surface area contributed by atoms with Gasteiger partial charge >= 0.3 is 0 Å². The van der Waals surface area contributed by atoms with E-state index >= 15 is 0 Å². The fraction of sp³-hybridized carbons (Fsp3) is 0.667. The minimum atomic E-state index is -0.560. The Morgan fingerprint density at radius 2 is 2.39 bits per heavy atom. The second-order valence-electron chi connectivity index (χ2n) is 4.40. The molecule has 0 aliphatic carbocycles. The van der Waals surface area contributed by atoms with Crippen LogP contribution in [0.25, 0.3) is 0 Å². The molecule has 1 amide bonds. The van der Waals surface area contributed by atoms with Gasteiger partial charge in [0, 0.05) is 13.7 Å². The second kappa shape index (κ2) is 6.82. The Morgan fingerprint density at radius 1 is 1.67 bits per heavy atom. The number of hydrogen-bond donors (Lipinski definition) is 2. The SMILES string of the molecule is CCc1ncsc1C(=O)NC(C)(CCO)COC. The molecule has 0 saturated carbocycles. The average molecular weight is 272 g/mol. The average Bonchev–Trinajstić information content (AvgIpc) is 2.77. The first-order valence-electron chi connectivity index (χ1n) is 5.91. The van der Waals surface area contributed by atoms with E-state index in [1.807, 2.05) is 13.8 Å². The van der Waals surface area contributed by atoms with Crippen molar-refractivity contribution in [3.63, 3.8) is 0 Å². The predicted molar refractivity (Wildman–Crippen MR) is 70.9 cm³/mol. The van der Waals surface area contributed by atoms with Crippen LogP contribution in [0.2, 0.25) is 0 Å². The van der Waals surface area contributed by atoms with Crippen LogP contribution in [0.4, 0.5) is 0 Å². The van der Waals surface area contributed by atoms with Crippen molar-refractivity contribution >= 4 is 17.2 Å². The minimum Gasteiger partial charge on any atom is -0.396 e. The molecule has 0 radical (unpaired) electrons. The second-order valence-corrected chi connectivity index (χ2v) is 5.26. The highest BCUT2D eigenvalue weighted by Crippen LogP contribution is 2.17. The Hall–Kier alpha value is -0.980. The fourth-order valence-corrected chi connectivity index (χ4v) is 2.55. The summed E-state index contributed by atoms with van der Waals surface area (Å²) in [5.74, 6) is -0.151. The number of hydrogen-bond acceptors (Lipinski definition) is 5. The summed E-state index contributed by atoms with van der Waals surface area (Å²) in [6.45, 7) is 4.19. The maximum absolute atomic E-state index is 12.2. The van der Waals surface area contributed by atoms with E-state index in [9.17, 15) is 4.79 Å². The molecule has 0 aromatic carbocycles. The maximum atomic E-state index is 12.2. The lowest BCUT2D eigenvalue weighted by molar-refractivity contribution is 0.0728. The lowest BCUT2D eigenvalue weighted by Gasteiger charge is -2.29. The van der Waals surface area contributed by atoms with Gasteiger partial charge in [0.2, 0.25) is 0 Å². The summed E-state index contributed by atoms with van der Waals surface area (Å²) in [4.78, 5) is 17.0. The van der Waals surface area contributed by atoms with Crippen molar-refractivity contribution in [2.45, 2.75) is 32.2 Å². The summed E-state index contributed by atoms with van der Waals surface area (Å²) in [6, 6.07) is 0. The summed E-state index contributed by atoms with van der Waals surface area (Å²) in [5.41, 5.74) is 1.92. The number of rotatable bonds is 7. The van der Waals surface area contributed by atoms with Crippen molar-refractivity contribution in [2.24, 2.45) is 0 Å². The van der Waals surface area contributed by atoms with Crippen molar-refractivity contribution < 1.29 is 14.6 Å². The van der Waals surface area contributed by atoms with E-state index in [1.54, 1.807) is 12.6 Å². The normalized spacial score (nSPS) is 14.2. The summed E-state index contributed by atoms with van der Waals surface area (Å²) in [5, 5.41) is 12.0. The molecular weight excluding hydrogens is 252 g/mol. The predicted octanol–water partition coefficient (Wildman–Crippen LogP) is 1.22. The van der Waals surface area contributed by atoms with Crippen molar-refractivity contribution in [3.05, 3.63) is 16.1 Å². The van der Waals surface area contributed by atoms with Crippen LogP contribution in [-0.4, -0.2) is 41.9 Å². The van der Waals surface area contributed by atoms with Crippen molar-refractivity contribution in [2.75, 3.05) is 20.3 Å². The number of nitrogens with zero attached hydrogens (tertiary/aromatic N) is 1. The first kappa shape index (κ1) is 15.1. The smallest absolute Gasteiger partial charge is 0.263 e. The van der Waals surface area contributed by atoms with Gasteiger partial charge in [-0.25, -0.2) is 4.98 Å². The Bertz CT molecular complexity index is 386. The molecule has 6 heteroatoms. The monoisotopic (exact) mass is 272 g/mol. The lowest BCUT2D eigenvalue weighted by Crippen LogP contribution is -2.50. The van der Waals surface area contributed by atoms with Gasteiger partial charge < -0.3 is 15.2 Å². The largest absolute Gasteiger partial charge is 0.396 e. The number of carbonyl (C=O) groups excluding carboxylic acids is 1. The molecule has 1 aromatic heterocycles. The number of nitrogens with one attached hydrogen (secondary N) is 1. The summed E-state index contributed by atoms with van der Waals surface area (Å²) in [7, 11) is 1.58. The molecule has 1 rings (SSSR count). The molecule has 18 heavy (non-hydrogen) atoms. The number of amides is 1. The number of methoxy groups -OCH3 is 1. The number of aliphatic hydroxyl groups is 1. The molecule has 102 valence electrons. The standard InChI is InChI=1S/C12H20N2O3S/c1-4-9-10(18-8-13-9)11(16)14-12(2,5-6-15)7-17-3/h8,15H,4-7H2,1-3H3,(H,14,16). The molecule has 5 nitrogen and oxygen atoms in total. The van der Waals surface area contributed by atoms with E-state index in [0.29, 0.717) is 17.9 Å². The van der Waals surface area contributed by atoms with E-state index in [0.717, 1.165) is 12.1 Å². The Kier molecular flexibility index (Phi) is 5.71. The van der Waals surface area contributed by atoms with Gasteiger partial charge in [-0.05, 0) is 19.8 Å². The molecule has 0 saturated heterocycles. The van der Waals surface area contributed by atoms with Gasteiger partial charge in [0.1, 0.15) is 4.88 Å². The van der Waals surface area contributed by atoms with Crippen molar-refractivity contribution in [1.82, 2.24) is 10.3 Å². The third-order valence-corrected chi connectivity index (χ3v) is 3.59. The molecule has 1 heterocycles. The number of aromatic nitrogens is 1. The lowest BCUT2D eigenvalue weighted by atomic mass is 9.99. The maximum Gasteiger partial charge on any atom is 0.263 e. The van der Waals surface area contributed by atoms with E-state index in [1.165, 1.54) is 11.3 Å². The van der Waals surface area contributed by atoms with Crippen LogP contribution in [0.3, 0.4) is 0 Å². The molecule has 0 bridgehead atoms. The van der Waals surface area contributed by atoms with Crippen LogP contribution in [0.15, 0.2) is 5.51 Å². The van der Waals surface area contributed by atoms with Gasteiger partial charge in [0.05, 0.1) is 23.4 Å². The number of thiazole rings is 1. The molecule has 1 unspecified atom stereocenters. The highest BCUT2D eigenvalue weighted by Gasteiger charge is 2.27. The third kappa shape index (κ3) is 3.76. The Morgan fingerprint density at radius 3 is 2.94 bits per heavy atom. The van der Waals surface area contributed by atoms with Gasteiger partial charge in [0.25, 0.3) is 5.91 Å². The molecule has 1 atom stereocenters. The molecule has 0 aliphatic rings. The van der Waals surface area contributed by atoms with E-state index in [4.69, 9.17) is 9.84 Å². The summed E-state index contributed by atoms with van der Waals surface area (Å²) in [6.07, 6.45) is 1.18. The van der Waals surface area contributed by atoms with Gasteiger partial charge in [-0.3, -0.25) is 4.79 Å². The summed E-state index contributed by atoms with van der Waals surface area (Å²) >= 11 is 1.33. The van der Waals surface area contributed by atoms with Crippen LogP contribution in [-0.2, 0) is 11.2 Å². The zero-order valence-electron chi connectivity index (χ0n) is 11.0. The van der Waals surface area contributed by atoms with Crippen molar-refractivity contribution in [1.29, 1.82) is 0 Å². The molecule has 2 N–H and O–H groups in total. The zero-order valence-corrected chi connectivity index (χ0v) is 11.8. The molecular formula is C12H20N2O3S. The fourth-order valence-electron chi connectivity index (χ4n) is 1.77. The quantitative estimate of drug-likeness (QED) is 0.783. The highest BCUT2D eigenvalue weighted by atomic mass is 32.1. The van der Waals surface area contributed by atoms with Gasteiger partial charge in [-0.1, -0.05) is 6.92 Å². The van der Waals surface area contributed by atoms with E-state index < -0.39 is 5.54 Å². The third-order valence-electron chi connectivity index (χ3n) is 2.72. The van der Waals surface area contributed by atoms with Crippen LogP contribution in [0, 0.1) is 0 Å². The molecule has 0 spiro atoms. The number of aliphatic hydroxyl groups excluding tert-OH is 1. The molecule has 0 aliphatic heterocycles. The summed E-state index contributed by atoms with van der Waals surface area (Å²) < 4.78 is 5.10. The molecule has 0 fully saturated rings. The number of ether oxygens (including phenoxy) is 1. The van der Waals surface area contributed by atoms with E-state index in [2.05, 4.69) is 10.3 Å². The molecule has 1 aromatic rings. The first-order chi connectivity index (χ1) is 8.56. The van der Waals surface area contributed by atoms with Crippen LogP contribution >= 0.6 is 11.3 Å². The Labute approximate surface area is 111 Å². The number of carbonyl (C=O) groups is 1. The first-order valence-corrected chi connectivity index (χ1v) is 6.79. The van der Waals surface area contributed by atoms with E-state index in [-0.39, 0.29) is 12.5 Å². The zero-order chi connectivity index (χ0) is 13.6. The number of aryl methyl sites for hydroxylation is 1. The van der Waals surface area contributed by atoms with Gasteiger partial charge in [-0.15, -0.1) is 11.3 Å². The van der Waals surface area contributed by atoms with Gasteiger partial charge in [0.15, 0.2) is 0 Å². The topological polar surface area (TPSA) is 71.5 Å². The highest BCUT2D eigenvalue weighted by molar-refractivity contribution is 7.11. The minimum absolute atomic E-state index is 0.00344. The Balaban J connectivity index is 2.78. The van der Waals surface area contributed by atoms with Crippen LogP contribution in [0.5, 0.6) is 0 Å².